The minimum Gasteiger partial charge on any atom is -0.462 e. The van der Waals surface area contributed by atoms with Gasteiger partial charge < -0.3 is 14.2 Å². The average Bonchev–Trinajstić information content (AvgIpc) is 3.25. The van der Waals surface area contributed by atoms with Gasteiger partial charge in [-0.05, 0) is 44.9 Å². The highest BCUT2D eigenvalue weighted by Crippen LogP contribution is 2.16. The summed E-state index contributed by atoms with van der Waals surface area (Å²) in [5.74, 6) is -2.94. The van der Waals surface area contributed by atoms with Crippen LogP contribution in [-0.2, 0) is 28.6 Å². The van der Waals surface area contributed by atoms with E-state index in [1.165, 1.54) is 141 Å². The second-order valence-electron chi connectivity index (χ2n) is 17.3. The lowest BCUT2D eigenvalue weighted by molar-refractivity contribution is -0.167. The fourth-order valence-electron chi connectivity index (χ4n) is 7.45. The van der Waals surface area contributed by atoms with E-state index in [0.717, 1.165) is 89.9 Å². The van der Waals surface area contributed by atoms with Gasteiger partial charge in [0, 0.05) is 19.3 Å². The van der Waals surface area contributed by atoms with E-state index in [1.807, 2.05) is 0 Å². The summed E-state index contributed by atoms with van der Waals surface area (Å²) in [6.07, 6.45) is 43.7. The van der Waals surface area contributed by atoms with Gasteiger partial charge in [0.05, 0.1) is 6.85 Å². The summed E-state index contributed by atoms with van der Waals surface area (Å²) < 4.78 is 58.8. The third kappa shape index (κ3) is 47.1. The molecular weight excluding hydrogens is 733 g/mol. The Morgan fingerprint density at radius 3 is 0.898 bits per heavy atom. The molecule has 0 fully saturated rings. The van der Waals surface area contributed by atoms with Crippen LogP contribution in [0.15, 0.2) is 12.2 Å². The second-order valence-corrected chi connectivity index (χ2v) is 17.3. The van der Waals surface area contributed by atoms with Crippen molar-refractivity contribution in [2.24, 2.45) is 0 Å². The molecule has 59 heavy (non-hydrogen) atoms. The van der Waals surface area contributed by atoms with Crippen LogP contribution in [0, 0.1) is 0 Å². The quantitative estimate of drug-likeness (QED) is 0.0263. The second kappa shape index (κ2) is 48.8. The molecule has 1 atom stereocenters. The monoisotopic (exact) mass is 838 g/mol. The Balaban J connectivity index is 5.01. The lowest BCUT2D eigenvalue weighted by atomic mass is 10.0. The van der Waals surface area contributed by atoms with Crippen LogP contribution in [-0.4, -0.2) is 37.1 Å². The van der Waals surface area contributed by atoms with Crippen molar-refractivity contribution in [1.29, 1.82) is 0 Å². The number of rotatable bonds is 48. The van der Waals surface area contributed by atoms with Crippen LogP contribution in [0.2, 0.25) is 0 Å². The highest BCUT2D eigenvalue weighted by Gasteiger charge is 2.19. The van der Waals surface area contributed by atoms with E-state index >= 15 is 0 Å². The van der Waals surface area contributed by atoms with Crippen molar-refractivity contribution in [2.45, 2.75) is 297 Å². The number of carbonyl (C=O) groups excluding carboxylic acids is 3. The summed E-state index contributed by atoms with van der Waals surface area (Å²) in [6.45, 7) is -0.201. The van der Waals surface area contributed by atoms with Crippen LogP contribution in [0.5, 0.6) is 0 Å². The van der Waals surface area contributed by atoms with Crippen LogP contribution >= 0.6 is 0 Å². The molecule has 0 saturated carbocycles. The predicted octanol–water partition coefficient (Wildman–Crippen LogP) is 17.0. The lowest BCUT2D eigenvalue weighted by Crippen LogP contribution is -2.30. The fraction of sp³-hybridized carbons (Fsp3) is 0.906. The molecule has 0 amide bonds. The number of esters is 3. The molecule has 6 nitrogen and oxygen atoms in total. The van der Waals surface area contributed by atoms with Crippen molar-refractivity contribution in [3.63, 3.8) is 0 Å². The molecule has 0 saturated heterocycles. The van der Waals surface area contributed by atoms with E-state index in [9.17, 15) is 14.4 Å². The molecule has 0 aromatic carbocycles. The summed E-state index contributed by atoms with van der Waals surface area (Å²) in [5, 5.41) is 0. The molecule has 0 spiro atoms. The van der Waals surface area contributed by atoms with Gasteiger partial charge in [0.1, 0.15) is 13.1 Å². The molecule has 0 N–H and O–H groups in total. The van der Waals surface area contributed by atoms with Crippen molar-refractivity contribution in [1.82, 2.24) is 0 Å². The minimum absolute atomic E-state index is 0.126. The fourth-order valence-corrected chi connectivity index (χ4v) is 7.45. The van der Waals surface area contributed by atoms with Gasteiger partial charge in [-0.3, -0.25) is 14.4 Å². The van der Waals surface area contributed by atoms with E-state index in [2.05, 4.69) is 32.9 Å². The topological polar surface area (TPSA) is 78.9 Å². The number of unbranched alkanes of at least 4 members (excludes halogenated alkanes) is 35. The van der Waals surface area contributed by atoms with Gasteiger partial charge in [0.2, 0.25) is 0 Å². The Labute approximate surface area is 374 Å². The molecule has 0 aromatic heterocycles. The minimum atomic E-state index is -3.49. The Kier molecular flexibility index (Phi) is 39.9. The standard InChI is InChI=1S/C53H100O6/c1-4-7-10-13-16-19-22-25-26-29-31-34-37-40-43-46-52(55)58-49-50(59-53(56)47-44-41-38-35-32-28-24-21-18-15-12-9-6-3)48-57-51(54)45-42-39-36-33-30-27-23-20-17-14-11-8-5-2/h25-26,50H,4-24,27-49H2,1-3H3/b26-25-/i48D2,49D2,50D. The number of hydrogen-bond acceptors (Lipinski definition) is 6. The van der Waals surface area contributed by atoms with Gasteiger partial charge in [-0.25, -0.2) is 0 Å². The zero-order valence-corrected chi connectivity index (χ0v) is 39.3. The zero-order chi connectivity index (χ0) is 47.5. The number of carbonyl (C=O) groups is 3. The Morgan fingerprint density at radius 1 is 0.373 bits per heavy atom. The summed E-state index contributed by atoms with van der Waals surface area (Å²) in [7, 11) is 0. The third-order valence-electron chi connectivity index (χ3n) is 11.3. The number of allylic oxidation sites excluding steroid dienone is 2. The Morgan fingerprint density at radius 2 is 0.610 bits per heavy atom. The molecule has 6 heteroatoms. The summed E-state index contributed by atoms with van der Waals surface area (Å²) >= 11 is 0. The van der Waals surface area contributed by atoms with Gasteiger partial charge in [-0.15, -0.1) is 0 Å². The molecule has 0 radical (unpaired) electrons. The zero-order valence-electron chi connectivity index (χ0n) is 44.3. The average molecular weight is 838 g/mol. The van der Waals surface area contributed by atoms with Gasteiger partial charge in [-0.1, -0.05) is 238 Å². The van der Waals surface area contributed by atoms with Gasteiger partial charge in [-0.2, -0.15) is 0 Å². The highest BCUT2D eigenvalue weighted by atomic mass is 16.6. The SMILES string of the molecule is [2H]C([2H])(OC(=O)CCCCCCC/C=C\CCCCCCCC)C([2H])(OC(=O)CCCCCCCCCCCCCCC)C([2H])([2H])OC(=O)CCCCCCCCCCCCCCC. The Hall–Kier alpha value is -1.85. The predicted molar refractivity (Wildman–Crippen MR) is 252 cm³/mol. The molecule has 0 bridgehead atoms. The molecule has 0 aliphatic rings. The maximum Gasteiger partial charge on any atom is 0.306 e. The highest BCUT2D eigenvalue weighted by molar-refractivity contribution is 5.71. The molecular formula is C53H100O6. The van der Waals surface area contributed by atoms with E-state index in [4.69, 9.17) is 21.1 Å². The molecule has 348 valence electrons. The molecule has 0 rings (SSSR count). The van der Waals surface area contributed by atoms with Gasteiger partial charge in [0.25, 0.3) is 0 Å². The largest absolute Gasteiger partial charge is 0.462 e. The van der Waals surface area contributed by atoms with Crippen LogP contribution < -0.4 is 0 Å². The smallest absolute Gasteiger partial charge is 0.306 e. The van der Waals surface area contributed by atoms with Crippen LogP contribution in [0.4, 0.5) is 0 Å². The molecule has 0 aromatic rings. The van der Waals surface area contributed by atoms with Crippen LogP contribution in [0.1, 0.15) is 297 Å². The van der Waals surface area contributed by atoms with Crippen LogP contribution in [0.25, 0.3) is 0 Å². The molecule has 0 heterocycles. The first-order valence-electron chi connectivity index (χ1n) is 28.2. The van der Waals surface area contributed by atoms with E-state index in [1.54, 1.807) is 0 Å². The van der Waals surface area contributed by atoms with Gasteiger partial charge in [0.15, 0.2) is 6.08 Å². The van der Waals surface area contributed by atoms with E-state index in [-0.39, 0.29) is 19.3 Å². The van der Waals surface area contributed by atoms with Gasteiger partial charge >= 0.3 is 17.9 Å². The molecule has 0 aliphatic heterocycles. The molecule has 0 aliphatic carbocycles. The summed E-state index contributed by atoms with van der Waals surface area (Å²) in [4.78, 5) is 38.9. The van der Waals surface area contributed by atoms with Crippen molar-refractivity contribution in [2.75, 3.05) is 13.1 Å². The van der Waals surface area contributed by atoms with Crippen molar-refractivity contribution in [3.05, 3.63) is 12.2 Å². The maximum atomic E-state index is 13.1. The maximum absolute atomic E-state index is 13.1. The normalized spacial score (nSPS) is 14.3. The summed E-state index contributed by atoms with van der Waals surface area (Å²) in [5.41, 5.74) is 0. The number of ether oxygens (including phenoxy) is 3. The van der Waals surface area contributed by atoms with Crippen molar-refractivity contribution in [3.8, 4) is 0 Å². The molecule has 1 unspecified atom stereocenters. The lowest BCUT2D eigenvalue weighted by Gasteiger charge is -2.18. The first kappa shape index (κ1) is 48.2. The number of hydrogen-bond donors (Lipinski definition) is 0. The first-order valence-corrected chi connectivity index (χ1v) is 25.7. The van der Waals surface area contributed by atoms with Crippen molar-refractivity contribution < 1.29 is 35.4 Å². The van der Waals surface area contributed by atoms with E-state index < -0.39 is 37.1 Å². The summed E-state index contributed by atoms with van der Waals surface area (Å²) in [6, 6.07) is 0. The van der Waals surface area contributed by atoms with E-state index in [0.29, 0.717) is 19.3 Å². The van der Waals surface area contributed by atoms with Crippen molar-refractivity contribution >= 4 is 17.9 Å². The van der Waals surface area contributed by atoms with Crippen LogP contribution in [0.3, 0.4) is 0 Å². The Bertz CT molecular complexity index is 1130. The first-order chi connectivity index (χ1) is 30.9. The third-order valence-corrected chi connectivity index (χ3v) is 11.3.